The van der Waals surface area contributed by atoms with Gasteiger partial charge >= 0.3 is 0 Å². The average Bonchev–Trinajstić information content (AvgIpc) is 2.83. The van der Waals surface area contributed by atoms with E-state index in [-0.39, 0.29) is 11.6 Å². The zero-order valence-corrected chi connectivity index (χ0v) is 12.5. The van der Waals surface area contributed by atoms with E-state index in [1.807, 2.05) is 12.4 Å². The van der Waals surface area contributed by atoms with Crippen molar-refractivity contribution in [1.82, 2.24) is 14.9 Å². The van der Waals surface area contributed by atoms with E-state index < -0.39 is 0 Å². The third-order valence-corrected chi connectivity index (χ3v) is 4.18. The molecule has 1 heterocycles. The van der Waals surface area contributed by atoms with E-state index in [1.54, 1.807) is 0 Å². The molecule has 4 heteroatoms. The molecule has 1 aliphatic carbocycles. The van der Waals surface area contributed by atoms with Gasteiger partial charge in [0.25, 0.3) is 0 Å². The molecule has 0 aromatic carbocycles. The van der Waals surface area contributed by atoms with Crippen molar-refractivity contribution in [3.05, 3.63) is 18.2 Å². The van der Waals surface area contributed by atoms with Crippen LogP contribution in [0.4, 0.5) is 0 Å². The normalized spacial score (nSPS) is 20.4. The van der Waals surface area contributed by atoms with E-state index in [9.17, 15) is 0 Å². The molecule has 1 atom stereocenters. The molecular formula is C15H27N3O. The molecule has 2 rings (SSSR count). The summed E-state index contributed by atoms with van der Waals surface area (Å²) in [5.74, 6) is 1.09. The Labute approximate surface area is 116 Å². The minimum atomic E-state index is -0.0812. The first kappa shape index (κ1) is 14.5. The number of nitrogens with one attached hydrogen (secondary N) is 1. The summed E-state index contributed by atoms with van der Waals surface area (Å²) in [6.07, 6.45) is 9.99. The summed E-state index contributed by atoms with van der Waals surface area (Å²) in [5, 5.41) is 3.61. The Bertz CT molecular complexity index is 377. The van der Waals surface area contributed by atoms with Crippen LogP contribution in [0.1, 0.15) is 57.8 Å². The van der Waals surface area contributed by atoms with E-state index in [2.05, 4.69) is 35.8 Å². The van der Waals surface area contributed by atoms with Crippen molar-refractivity contribution in [3.63, 3.8) is 0 Å². The summed E-state index contributed by atoms with van der Waals surface area (Å²) in [6, 6.07) is 0.192. The van der Waals surface area contributed by atoms with Crippen LogP contribution in [0.25, 0.3) is 0 Å². The number of ether oxygens (including phenoxy) is 1. The molecule has 108 valence electrons. The summed E-state index contributed by atoms with van der Waals surface area (Å²) < 4.78 is 8.36. The van der Waals surface area contributed by atoms with Crippen LogP contribution in [0.2, 0.25) is 0 Å². The summed E-state index contributed by atoms with van der Waals surface area (Å²) in [6.45, 7) is 5.95. The second-order valence-electron chi connectivity index (χ2n) is 5.45. The van der Waals surface area contributed by atoms with E-state index >= 15 is 0 Å². The molecular weight excluding hydrogens is 238 g/mol. The number of likely N-dealkylation sites (N-methyl/N-ethyl adjacent to an activating group) is 1. The van der Waals surface area contributed by atoms with Gasteiger partial charge in [-0.3, -0.25) is 0 Å². The van der Waals surface area contributed by atoms with Crippen LogP contribution in [0, 0.1) is 0 Å². The highest BCUT2D eigenvalue weighted by atomic mass is 16.5. The molecule has 0 radical (unpaired) electrons. The van der Waals surface area contributed by atoms with Gasteiger partial charge in [-0.05, 0) is 26.3 Å². The van der Waals surface area contributed by atoms with Crippen molar-refractivity contribution < 1.29 is 4.74 Å². The Morgan fingerprint density at radius 3 is 2.63 bits per heavy atom. The monoisotopic (exact) mass is 265 g/mol. The molecule has 0 aliphatic heterocycles. The number of aryl methyl sites for hydroxylation is 1. The molecule has 0 bridgehead atoms. The van der Waals surface area contributed by atoms with Gasteiger partial charge < -0.3 is 14.6 Å². The molecule has 1 fully saturated rings. The molecule has 0 spiro atoms. The van der Waals surface area contributed by atoms with E-state index in [0.29, 0.717) is 0 Å². The lowest BCUT2D eigenvalue weighted by molar-refractivity contribution is -0.0932. The van der Waals surface area contributed by atoms with Crippen molar-refractivity contribution in [2.24, 2.45) is 7.05 Å². The smallest absolute Gasteiger partial charge is 0.128 e. The topological polar surface area (TPSA) is 39.1 Å². The van der Waals surface area contributed by atoms with Crippen molar-refractivity contribution in [3.8, 4) is 0 Å². The molecule has 1 aromatic heterocycles. The van der Waals surface area contributed by atoms with Gasteiger partial charge in [0.1, 0.15) is 5.82 Å². The SMILES string of the molecule is CCNC(c1nccn1C)C1(OCC)CCCCC1. The number of hydrogen-bond acceptors (Lipinski definition) is 3. The van der Waals surface area contributed by atoms with Gasteiger partial charge in [-0.1, -0.05) is 26.2 Å². The Hall–Kier alpha value is -0.870. The standard InChI is InChI=1S/C15H27N3O/c1-4-16-13(14-17-11-12-18(14)3)15(19-5-2)9-7-6-8-10-15/h11-13,16H,4-10H2,1-3H3. The molecule has 19 heavy (non-hydrogen) atoms. The maximum absolute atomic E-state index is 6.25. The number of aromatic nitrogens is 2. The van der Waals surface area contributed by atoms with Gasteiger partial charge in [-0.25, -0.2) is 4.98 Å². The Kier molecular flexibility index (Phi) is 4.99. The summed E-state index contributed by atoms with van der Waals surface area (Å²) in [4.78, 5) is 4.56. The molecule has 4 nitrogen and oxygen atoms in total. The maximum Gasteiger partial charge on any atom is 0.128 e. The predicted molar refractivity (Wildman–Crippen MR) is 77.1 cm³/mol. The van der Waals surface area contributed by atoms with E-state index in [1.165, 1.54) is 19.3 Å². The Morgan fingerprint density at radius 2 is 2.11 bits per heavy atom. The number of hydrogen-bond donors (Lipinski definition) is 1. The molecule has 1 N–H and O–H groups in total. The third-order valence-electron chi connectivity index (χ3n) is 4.18. The number of rotatable bonds is 6. The van der Waals surface area contributed by atoms with E-state index in [0.717, 1.165) is 31.8 Å². The van der Waals surface area contributed by atoms with Crippen LogP contribution in [-0.4, -0.2) is 28.3 Å². The molecule has 1 unspecified atom stereocenters. The molecule has 1 saturated carbocycles. The Balaban J connectivity index is 2.31. The zero-order valence-electron chi connectivity index (χ0n) is 12.5. The van der Waals surface area contributed by atoms with Crippen molar-refractivity contribution in [1.29, 1.82) is 0 Å². The first-order chi connectivity index (χ1) is 9.23. The number of nitrogens with zero attached hydrogens (tertiary/aromatic N) is 2. The summed E-state index contributed by atoms with van der Waals surface area (Å²) in [5.41, 5.74) is -0.0812. The van der Waals surface area contributed by atoms with Crippen molar-refractivity contribution in [2.45, 2.75) is 57.6 Å². The van der Waals surface area contributed by atoms with Gasteiger partial charge in [0, 0.05) is 26.0 Å². The lowest BCUT2D eigenvalue weighted by Gasteiger charge is -2.43. The van der Waals surface area contributed by atoms with Crippen LogP contribution in [0.15, 0.2) is 12.4 Å². The fraction of sp³-hybridized carbons (Fsp3) is 0.800. The van der Waals surface area contributed by atoms with Crippen molar-refractivity contribution >= 4 is 0 Å². The molecule has 0 saturated heterocycles. The largest absolute Gasteiger partial charge is 0.373 e. The van der Waals surface area contributed by atoms with Gasteiger partial charge in [-0.15, -0.1) is 0 Å². The summed E-state index contributed by atoms with van der Waals surface area (Å²) in [7, 11) is 2.06. The van der Waals surface area contributed by atoms with Gasteiger partial charge in [-0.2, -0.15) is 0 Å². The summed E-state index contributed by atoms with van der Waals surface area (Å²) >= 11 is 0. The van der Waals surface area contributed by atoms with Gasteiger partial charge in [0.2, 0.25) is 0 Å². The average molecular weight is 265 g/mol. The minimum absolute atomic E-state index is 0.0812. The predicted octanol–water partition coefficient (Wildman–Crippen LogP) is 2.81. The maximum atomic E-state index is 6.25. The lowest BCUT2D eigenvalue weighted by Crippen LogP contribution is -2.48. The minimum Gasteiger partial charge on any atom is -0.373 e. The molecule has 0 amide bonds. The lowest BCUT2D eigenvalue weighted by atomic mass is 9.78. The zero-order chi connectivity index (χ0) is 13.7. The highest BCUT2D eigenvalue weighted by molar-refractivity contribution is 5.09. The second-order valence-corrected chi connectivity index (χ2v) is 5.45. The first-order valence-electron chi connectivity index (χ1n) is 7.58. The quantitative estimate of drug-likeness (QED) is 0.859. The van der Waals surface area contributed by atoms with Crippen LogP contribution in [-0.2, 0) is 11.8 Å². The fourth-order valence-electron chi connectivity index (χ4n) is 3.33. The molecule has 1 aromatic rings. The van der Waals surface area contributed by atoms with Crippen LogP contribution in [0.5, 0.6) is 0 Å². The van der Waals surface area contributed by atoms with Crippen LogP contribution in [0.3, 0.4) is 0 Å². The van der Waals surface area contributed by atoms with Crippen LogP contribution >= 0.6 is 0 Å². The Morgan fingerprint density at radius 1 is 1.37 bits per heavy atom. The second kappa shape index (κ2) is 6.53. The highest BCUT2D eigenvalue weighted by Crippen LogP contribution is 2.41. The third kappa shape index (κ3) is 3.00. The number of imidazole rings is 1. The first-order valence-corrected chi connectivity index (χ1v) is 7.58. The van der Waals surface area contributed by atoms with Gasteiger partial charge in [0.15, 0.2) is 0 Å². The molecule has 1 aliphatic rings. The van der Waals surface area contributed by atoms with Crippen LogP contribution < -0.4 is 5.32 Å². The van der Waals surface area contributed by atoms with E-state index in [4.69, 9.17) is 4.74 Å². The highest BCUT2D eigenvalue weighted by Gasteiger charge is 2.42. The fourth-order valence-corrected chi connectivity index (χ4v) is 3.33. The van der Waals surface area contributed by atoms with Gasteiger partial charge in [0.05, 0.1) is 11.6 Å². The van der Waals surface area contributed by atoms with Crippen molar-refractivity contribution in [2.75, 3.05) is 13.2 Å².